The summed E-state index contributed by atoms with van der Waals surface area (Å²) in [6, 6.07) is 1.91. The smallest absolute Gasteiger partial charge is 0.244 e. The zero-order valence-electron chi connectivity index (χ0n) is 9.49. The Morgan fingerprint density at radius 2 is 2.29 bits per heavy atom. The predicted octanol–water partition coefficient (Wildman–Crippen LogP) is 0.855. The molecule has 0 bridgehead atoms. The van der Waals surface area contributed by atoms with Crippen LogP contribution >= 0.6 is 0 Å². The molecule has 0 aliphatic carbocycles. The molecule has 2 heterocycles. The van der Waals surface area contributed by atoms with E-state index in [4.69, 9.17) is 5.73 Å². The summed E-state index contributed by atoms with van der Waals surface area (Å²) in [6.45, 7) is 1.66. The number of rotatable bonds is 2. The molecule has 5 heteroatoms. The minimum atomic E-state index is -0.448. The van der Waals surface area contributed by atoms with E-state index in [-0.39, 0.29) is 5.91 Å². The van der Waals surface area contributed by atoms with E-state index in [2.05, 4.69) is 10.3 Å². The fourth-order valence-corrected chi connectivity index (χ4v) is 1.67. The highest BCUT2D eigenvalue weighted by Crippen LogP contribution is 2.21. The first-order chi connectivity index (χ1) is 8.06. The molecule has 3 N–H and O–H groups in total. The number of pyridine rings is 1. The monoisotopic (exact) mass is 231 g/mol. The maximum absolute atomic E-state index is 11.2. The van der Waals surface area contributed by atoms with Crippen LogP contribution in [0.25, 0.3) is 6.08 Å². The van der Waals surface area contributed by atoms with Crippen LogP contribution in [0.5, 0.6) is 0 Å². The number of carbonyl (C=O) groups is 2. The molecule has 0 aromatic carbocycles. The van der Waals surface area contributed by atoms with E-state index in [1.165, 1.54) is 0 Å². The summed E-state index contributed by atoms with van der Waals surface area (Å²) in [4.78, 5) is 26.2. The number of anilines is 1. The second-order valence-electron chi connectivity index (χ2n) is 4.02. The molecule has 0 atom stereocenters. The van der Waals surface area contributed by atoms with Crippen LogP contribution < -0.4 is 11.1 Å². The molecule has 5 nitrogen and oxygen atoms in total. The van der Waals surface area contributed by atoms with Gasteiger partial charge >= 0.3 is 0 Å². The Labute approximate surface area is 98.7 Å². The SMILES string of the molecule is CC(=Cc1cnc2c(c1)CCC(=O)N2)C(N)=O. The summed E-state index contributed by atoms with van der Waals surface area (Å²) in [6.07, 6.45) is 4.44. The molecule has 0 spiro atoms. The number of primary amides is 1. The van der Waals surface area contributed by atoms with Gasteiger partial charge in [0.2, 0.25) is 11.8 Å². The molecule has 1 aromatic heterocycles. The number of nitrogens with two attached hydrogens (primary N) is 1. The Balaban J connectivity index is 2.31. The summed E-state index contributed by atoms with van der Waals surface area (Å²) in [5.41, 5.74) is 7.43. The van der Waals surface area contributed by atoms with Crippen LogP contribution in [-0.2, 0) is 16.0 Å². The van der Waals surface area contributed by atoms with Gasteiger partial charge in [-0.25, -0.2) is 4.98 Å². The van der Waals surface area contributed by atoms with Crippen LogP contribution in [0, 0.1) is 0 Å². The Hall–Kier alpha value is -2.17. The molecule has 1 aromatic rings. The maximum atomic E-state index is 11.2. The predicted molar refractivity (Wildman–Crippen MR) is 64.0 cm³/mol. The van der Waals surface area contributed by atoms with Crippen molar-refractivity contribution in [1.82, 2.24) is 4.98 Å². The molecule has 88 valence electrons. The van der Waals surface area contributed by atoms with Gasteiger partial charge in [-0.3, -0.25) is 9.59 Å². The zero-order chi connectivity index (χ0) is 12.4. The second-order valence-corrected chi connectivity index (χ2v) is 4.02. The number of hydrogen-bond donors (Lipinski definition) is 2. The van der Waals surface area contributed by atoms with Gasteiger partial charge in [0.15, 0.2) is 0 Å². The molecular formula is C12H13N3O2. The van der Waals surface area contributed by atoms with Gasteiger partial charge in [0.1, 0.15) is 5.82 Å². The van der Waals surface area contributed by atoms with E-state index in [9.17, 15) is 9.59 Å². The Kier molecular flexibility index (Phi) is 2.91. The third-order valence-electron chi connectivity index (χ3n) is 2.64. The number of amides is 2. The minimum absolute atomic E-state index is 0.0124. The van der Waals surface area contributed by atoms with Crippen molar-refractivity contribution in [2.24, 2.45) is 5.73 Å². The van der Waals surface area contributed by atoms with E-state index in [0.717, 1.165) is 11.1 Å². The highest BCUT2D eigenvalue weighted by atomic mass is 16.2. The van der Waals surface area contributed by atoms with Gasteiger partial charge in [0, 0.05) is 18.2 Å². The summed E-state index contributed by atoms with van der Waals surface area (Å²) < 4.78 is 0. The maximum Gasteiger partial charge on any atom is 0.244 e. The van der Waals surface area contributed by atoms with Gasteiger partial charge in [0.25, 0.3) is 0 Å². The van der Waals surface area contributed by atoms with Crippen LogP contribution in [0.2, 0.25) is 0 Å². The van der Waals surface area contributed by atoms with E-state index in [1.807, 2.05) is 6.07 Å². The second kappa shape index (κ2) is 4.37. The third-order valence-corrected chi connectivity index (χ3v) is 2.64. The summed E-state index contributed by atoms with van der Waals surface area (Å²) in [5.74, 6) is 0.146. The number of hydrogen-bond acceptors (Lipinski definition) is 3. The van der Waals surface area contributed by atoms with Crippen molar-refractivity contribution in [3.8, 4) is 0 Å². The molecule has 17 heavy (non-hydrogen) atoms. The topological polar surface area (TPSA) is 85.1 Å². The normalized spacial score (nSPS) is 15.1. The standard InChI is InChI=1S/C12H13N3O2/c1-7(11(13)17)4-8-5-9-2-3-10(16)15-12(9)14-6-8/h4-6H,2-3H2,1H3,(H2,13,17)(H,14,15,16). The third kappa shape index (κ3) is 2.50. The number of aryl methyl sites for hydroxylation is 1. The van der Waals surface area contributed by atoms with Gasteiger partial charge in [-0.15, -0.1) is 0 Å². The van der Waals surface area contributed by atoms with E-state index in [0.29, 0.717) is 24.2 Å². The van der Waals surface area contributed by atoms with E-state index >= 15 is 0 Å². The van der Waals surface area contributed by atoms with Crippen LogP contribution in [0.4, 0.5) is 5.82 Å². The average molecular weight is 231 g/mol. The number of nitrogens with zero attached hydrogens (tertiary/aromatic N) is 1. The lowest BCUT2D eigenvalue weighted by Gasteiger charge is -2.15. The van der Waals surface area contributed by atoms with Crippen LogP contribution in [0.3, 0.4) is 0 Å². The molecule has 0 fully saturated rings. The molecule has 1 aliphatic rings. The molecule has 1 aliphatic heterocycles. The van der Waals surface area contributed by atoms with Crippen LogP contribution in [0.15, 0.2) is 17.8 Å². The van der Waals surface area contributed by atoms with Crippen molar-refractivity contribution < 1.29 is 9.59 Å². The summed E-state index contributed by atoms with van der Waals surface area (Å²) in [7, 11) is 0. The Morgan fingerprint density at radius 1 is 1.53 bits per heavy atom. The number of aromatic nitrogens is 1. The first-order valence-electron chi connectivity index (χ1n) is 5.33. The summed E-state index contributed by atoms with van der Waals surface area (Å²) in [5, 5.41) is 2.70. The zero-order valence-corrected chi connectivity index (χ0v) is 9.49. The van der Waals surface area contributed by atoms with Crippen molar-refractivity contribution in [1.29, 1.82) is 0 Å². The van der Waals surface area contributed by atoms with Crippen molar-refractivity contribution in [3.05, 3.63) is 29.0 Å². The number of carbonyl (C=O) groups excluding carboxylic acids is 2. The van der Waals surface area contributed by atoms with Gasteiger partial charge in [-0.2, -0.15) is 0 Å². The average Bonchev–Trinajstić information content (AvgIpc) is 2.29. The molecule has 0 saturated carbocycles. The van der Waals surface area contributed by atoms with Crippen molar-refractivity contribution >= 4 is 23.7 Å². The minimum Gasteiger partial charge on any atom is -0.366 e. The van der Waals surface area contributed by atoms with Gasteiger partial charge < -0.3 is 11.1 Å². The largest absolute Gasteiger partial charge is 0.366 e. The van der Waals surface area contributed by atoms with Crippen molar-refractivity contribution in [3.63, 3.8) is 0 Å². The number of fused-ring (bicyclic) bond motifs is 1. The van der Waals surface area contributed by atoms with Crippen molar-refractivity contribution in [2.45, 2.75) is 19.8 Å². The van der Waals surface area contributed by atoms with E-state index in [1.54, 1.807) is 19.2 Å². The highest BCUT2D eigenvalue weighted by Gasteiger charge is 2.15. The fraction of sp³-hybridized carbons (Fsp3) is 0.250. The van der Waals surface area contributed by atoms with Gasteiger partial charge in [0.05, 0.1) is 0 Å². The molecular weight excluding hydrogens is 218 g/mol. The molecule has 0 saturated heterocycles. The van der Waals surface area contributed by atoms with E-state index < -0.39 is 5.91 Å². The van der Waals surface area contributed by atoms with Crippen LogP contribution in [0.1, 0.15) is 24.5 Å². The van der Waals surface area contributed by atoms with Crippen molar-refractivity contribution in [2.75, 3.05) is 5.32 Å². The number of nitrogens with one attached hydrogen (secondary N) is 1. The van der Waals surface area contributed by atoms with Gasteiger partial charge in [-0.1, -0.05) is 0 Å². The molecule has 0 radical (unpaired) electrons. The molecule has 2 rings (SSSR count). The summed E-state index contributed by atoms with van der Waals surface area (Å²) >= 11 is 0. The van der Waals surface area contributed by atoms with Crippen LogP contribution in [-0.4, -0.2) is 16.8 Å². The molecule has 0 unspecified atom stereocenters. The fourth-order valence-electron chi connectivity index (χ4n) is 1.67. The highest BCUT2D eigenvalue weighted by molar-refractivity contribution is 5.96. The Bertz CT molecular complexity index is 520. The lowest BCUT2D eigenvalue weighted by atomic mass is 10.0. The van der Waals surface area contributed by atoms with Gasteiger partial charge in [-0.05, 0) is 36.6 Å². The quantitative estimate of drug-likeness (QED) is 0.740. The first-order valence-corrected chi connectivity index (χ1v) is 5.33. The lowest BCUT2D eigenvalue weighted by Crippen LogP contribution is -2.20. The first kappa shape index (κ1) is 11.3. The Morgan fingerprint density at radius 3 is 3.00 bits per heavy atom. The lowest BCUT2D eigenvalue weighted by molar-refractivity contribution is -0.116. The molecule has 2 amide bonds.